The van der Waals surface area contributed by atoms with Gasteiger partial charge in [-0.2, -0.15) is 5.10 Å². The van der Waals surface area contributed by atoms with Gasteiger partial charge in [-0.1, -0.05) is 6.07 Å². The third-order valence-electron chi connectivity index (χ3n) is 4.32. The highest BCUT2D eigenvalue weighted by molar-refractivity contribution is 9.10. The van der Waals surface area contributed by atoms with Crippen molar-refractivity contribution in [2.75, 3.05) is 18.5 Å². The second kappa shape index (κ2) is 11.4. The molecule has 2 aromatic carbocycles. The van der Waals surface area contributed by atoms with Crippen LogP contribution in [0.25, 0.3) is 0 Å². The Labute approximate surface area is 190 Å². The molecule has 1 heterocycles. The zero-order chi connectivity index (χ0) is 22.1. The van der Waals surface area contributed by atoms with E-state index in [9.17, 15) is 4.79 Å². The van der Waals surface area contributed by atoms with Gasteiger partial charge in [-0.15, -0.1) is 0 Å². The summed E-state index contributed by atoms with van der Waals surface area (Å²) in [6.07, 6.45) is 3.87. The fourth-order valence-corrected chi connectivity index (χ4v) is 3.21. The molecule has 31 heavy (non-hydrogen) atoms. The SMILES string of the molecule is CCOc1ccc(COc2ccc(NC(=O)CCn3cc(Br)cn3)cc2)cc1OCC. The molecule has 1 aromatic heterocycles. The van der Waals surface area contributed by atoms with Crippen molar-refractivity contribution in [1.82, 2.24) is 9.78 Å². The Hall–Kier alpha value is -3.00. The second-order valence-corrected chi connectivity index (χ2v) is 7.60. The average molecular weight is 488 g/mol. The number of amides is 1. The largest absolute Gasteiger partial charge is 0.490 e. The molecule has 164 valence electrons. The minimum atomic E-state index is -0.0712. The molecule has 0 aliphatic rings. The Bertz CT molecular complexity index is 989. The summed E-state index contributed by atoms with van der Waals surface area (Å²) in [7, 11) is 0. The number of aromatic nitrogens is 2. The Balaban J connectivity index is 1.50. The number of nitrogens with zero attached hydrogens (tertiary/aromatic N) is 2. The van der Waals surface area contributed by atoms with Crippen molar-refractivity contribution in [3.05, 3.63) is 64.9 Å². The molecule has 0 aliphatic heterocycles. The molecule has 0 aliphatic carbocycles. The highest BCUT2D eigenvalue weighted by Gasteiger charge is 2.08. The number of halogens is 1. The molecule has 0 radical (unpaired) electrons. The summed E-state index contributed by atoms with van der Waals surface area (Å²) >= 11 is 3.34. The number of aryl methyl sites for hydroxylation is 1. The van der Waals surface area contributed by atoms with Crippen molar-refractivity contribution >= 4 is 27.5 Å². The molecular weight excluding hydrogens is 462 g/mol. The van der Waals surface area contributed by atoms with Gasteiger partial charge >= 0.3 is 0 Å². The van der Waals surface area contributed by atoms with Gasteiger partial charge in [0.2, 0.25) is 5.91 Å². The van der Waals surface area contributed by atoms with E-state index >= 15 is 0 Å². The molecule has 3 rings (SSSR count). The number of carbonyl (C=O) groups excluding carboxylic acids is 1. The number of hydrogen-bond donors (Lipinski definition) is 1. The maximum absolute atomic E-state index is 12.1. The molecular formula is C23H26BrN3O4. The molecule has 0 atom stereocenters. The number of anilines is 1. The van der Waals surface area contributed by atoms with Gasteiger partial charge in [-0.25, -0.2) is 0 Å². The minimum Gasteiger partial charge on any atom is -0.490 e. The van der Waals surface area contributed by atoms with Crippen LogP contribution in [0.15, 0.2) is 59.3 Å². The third kappa shape index (κ3) is 7.03. The lowest BCUT2D eigenvalue weighted by molar-refractivity contribution is -0.116. The van der Waals surface area contributed by atoms with E-state index in [2.05, 4.69) is 26.3 Å². The van der Waals surface area contributed by atoms with E-state index in [1.54, 1.807) is 10.9 Å². The molecule has 0 saturated heterocycles. The molecule has 3 aromatic rings. The highest BCUT2D eigenvalue weighted by atomic mass is 79.9. The zero-order valence-electron chi connectivity index (χ0n) is 17.6. The lowest BCUT2D eigenvalue weighted by Crippen LogP contribution is -2.14. The van der Waals surface area contributed by atoms with Crippen LogP contribution in [0.4, 0.5) is 5.69 Å². The summed E-state index contributed by atoms with van der Waals surface area (Å²) in [4.78, 5) is 12.1. The van der Waals surface area contributed by atoms with Gasteiger partial charge in [0.25, 0.3) is 0 Å². The predicted molar refractivity (Wildman–Crippen MR) is 123 cm³/mol. The summed E-state index contributed by atoms with van der Waals surface area (Å²) in [5, 5.41) is 7.02. The van der Waals surface area contributed by atoms with Crippen LogP contribution in [-0.4, -0.2) is 28.9 Å². The maximum atomic E-state index is 12.1. The van der Waals surface area contributed by atoms with Crippen LogP contribution in [0.5, 0.6) is 17.2 Å². The molecule has 0 saturated carbocycles. The Morgan fingerprint density at radius 3 is 2.45 bits per heavy atom. The van der Waals surface area contributed by atoms with Crippen LogP contribution in [0.3, 0.4) is 0 Å². The van der Waals surface area contributed by atoms with Crippen molar-refractivity contribution in [3.8, 4) is 17.2 Å². The molecule has 1 N–H and O–H groups in total. The van der Waals surface area contributed by atoms with Crippen molar-refractivity contribution in [1.29, 1.82) is 0 Å². The number of benzene rings is 2. The number of carbonyl (C=O) groups is 1. The summed E-state index contributed by atoms with van der Waals surface area (Å²) < 4.78 is 19.7. The van der Waals surface area contributed by atoms with Crippen molar-refractivity contribution in [3.63, 3.8) is 0 Å². The minimum absolute atomic E-state index is 0.0712. The van der Waals surface area contributed by atoms with Crippen molar-refractivity contribution in [2.24, 2.45) is 0 Å². The van der Waals surface area contributed by atoms with Crippen molar-refractivity contribution in [2.45, 2.75) is 33.4 Å². The first-order valence-electron chi connectivity index (χ1n) is 10.2. The number of nitrogens with one attached hydrogen (secondary N) is 1. The average Bonchev–Trinajstić information content (AvgIpc) is 3.19. The quantitative estimate of drug-likeness (QED) is 0.409. The van der Waals surface area contributed by atoms with E-state index in [-0.39, 0.29) is 5.91 Å². The van der Waals surface area contributed by atoms with Gasteiger partial charge in [-0.05, 0) is 71.7 Å². The van der Waals surface area contributed by atoms with Gasteiger partial charge in [0.1, 0.15) is 12.4 Å². The molecule has 8 heteroatoms. The number of hydrogen-bond acceptors (Lipinski definition) is 5. The van der Waals surface area contributed by atoms with Gasteiger partial charge < -0.3 is 19.5 Å². The lowest BCUT2D eigenvalue weighted by Gasteiger charge is -2.13. The van der Waals surface area contributed by atoms with E-state index < -0.39 is 0 Å². The first kappa shape index (κ1) is 22.7. The Kier molecular flexibility index (Phi) is 8.35. The van der Waals surface area contributed by atoms with Crippen LogP contribution in [0.2, 0.25) is 0 Å². The topological polar surface area (TPSA) is 74.6 Å². The van der Waals surface area contributed by atoms with Crippen LogP contribution in [0, 0.1) is 0 Å². The van der Waals surface area contributed by atoms with E-state index in [0.717, 1.165) is 21.5 Å². The van der Waals surface area contributed by atoms with Crippen LogP contribution >= 0.6 is 15.9 Å². The van der Waals surface area contributed by atoms with E-state index in [4.69, 9.17) is 14.2 Å². The molecule has 0 fully saturated rings. The van der Waals surface area contributed by atoms with Crippen LogP contribution < -0.4 is 19.5 Å². The Morgan fingerprint density at radius 2 is 1.77 bits per heavy atom. The fourth-order valence-electron chi connectivity index (χ4n) is 2.89. The standard InChI is InChI=1S/C23H26BrN3O4/c1-3-29-21-10-5-17(13-22(21)30-4-2)16-31-20-8-6-19(7-9-20)26-23(28)11-12-27-15-18(24)14-25-27/h5-10,13-15H,3-4,11-12,16H2,1-2H3,(H,26,28). The predicted octanol–water partition coefficient (Wildman–Crippen LogP) is 5.05. The summed E-state index contributed by atoms with van der Waals surface area (Å²) in [6.45, 7) is 5.95. The number of ether oxygens (including phenoxy) is 3. The van der Waals surface area contributed by atoms with Crippen LogP contribution in [-0.2, 0) is 17.9 Å². The first-order valence-corrected chi connectivity index (χ1v) is 11.0. The van der Waals surface area contributed by atoms with E-state index in [1.807, 2.05) is 62.5 Å². The molecule has 0 unspecified atom stereocenters. The first-order chi connectivity index (χ1) is 15.1. The van der Waals surface area contributed by atoms with Gasteiger partial charge in [0, 0.05) is 24.8 Å². The zero-order valence-corrected chi connectivity index (χ0v) is 19.2. The summed E-state index contributed by atoms with van der Waals surface area (Å²) in [5.74, 6) is 2.09. The number of rotatable bonds is 11. The van der Waals surface area contributed by atoms with Gasteiger partial charge in [-0.3, -0.25) is 9.48 Å². The van der Waals surface area contributed by atoms with E-state index in [1.165, 1.54) is 0 Å². The fraction of sp³-hybridized carbons (Fsp3) is 0.304. The monoisotopic (exact) mass is 487 g/mol. The van der Waals surface area contributed by atoms with Crippen molar-refractivity contribution < 1.29 is 19.0 Å². The molecule has 1 amide bonds. The summed E-state index contributed by atoms with van der Waals surface area (Å²) in [5.41, 5.74) is 1.70. The normalized spacial score (nSPS) is 10.5. The molecule has 0 bridgehead atoms. The lowest BCUT2D eigenvalue weighted by atomic mass is 10.2. The van der Waals surface area contributed by atoms with Crippen LogP contribution in [0.1, 0.15) is 25.8 Å². The molecule has 7 nitrogen and oxygen atoms in total. The smallest absolute Gasteiger partial charge is 0.226 e. The van der Waals surface area contributed by atoms with Gasteiger partial charge in [0.15, 0.2) is 11.5 Å². The van der Waals surface area contributed by atoms with Gasteiger partial charge in [0.05, 0.1) is 23.9 Å². The Morgan fingerprint density at radius 1 is 1.03 bits per heavy atom. The maximum Gasteiger partial charge on any atom is 0.226 e. The second-order valence-electron chi connectivity index (χ2n) is 6.68. The highest BCUT2D eigenvalue weighted by Crippen LogP contribution is 2.29. The molecule has 0 spiro atoms. The third-order valence-corrected chi connectivity index (χ3v) is 4.73. The summed E-state index contributed by atoms with van der Waals surface area (Å²) in [6, 6.07) is 13.1. The van der Waals surface area contributed by atoms with E-state index in [0.29, 0.717) is 44.3 Å².